The number of hydrogen-bond donors (Lipinski definition) is 1. The van der Waals surface area contributed by atoms with Crippen molar-refractivity contribution in [1.29, 1.82) is 0 Å². The summed E-state index contributed by atoms with van der Waals surface area (Å²) in [5.74, 6) is 1.03. The minimum Gasteiger partial charge on any atom is -0.486 e. The first-order valence-electron chi connectivity index (χ1n) is 7.86. The average molecular weight is 347 g/mol. The Morgan fingerprint density at radius 3 is 2.42 bits per heavy atom. The Balaban J connectivity index is 1.85. The van der Waals surface area contributed by atoms with Crippen LogP contribution in [0.4, 0.5) is 0 Å². The van der Waals surface area contributed by atoms with Crippen molar-refractivity contribution in [2.45, 2.75) is 31.7 Å². The van der Waals surface area contributed by atoms with Crippen molar-refractivity contribution in [3.05, 3.63) is 53.1 Å². The number of sulfonamides is 1. The van der Waals surface area contributed by atoms with Crippen LogP contribution >= 0.6 is 0 Å². The van der Waals surface area contributed by atoms with E-state index < -0.39 is 10.0 Å². The molecule has 1 N–H and O–H groups in total. The lowest BCUT2D eigenvalue weighted by Gasteiger charge is -2.20. The van der Waals surface area contributed by atoms with Gasteiger partial charge in [-0.05, 0) is 44.0 Å². The normalized spacial score (nSPS) is 15.1. The molecule has 1 unspecified atom stereocenters. The highest BCUT2D eigenvalue weighted by molar-refractivity contribution is 7.89. The first kappa shape index (κ1) is 16.8. The second-order valence-electron chi connectivity index (χ2n) is 6.01. The molecule has 0 fully saturated rings. The van der Waals surface area contributed by atoms with E-state index in [0.717, 1.165) is 16.7 Å². The number of fused-ring (bicyclic) bond motifs is 1. The van der Waals surface area contributed by atoms with Crippen molar-refractivity contribution >= 4 is 10.0 Å². The zero-order valence-electron chi connectivity index (χ0n) is 14.0. The van der Waals surface area contributed by atoms with Crippen molar-refractivity contribution in [3.63, 3.8) is 0 Å². The molecule has 2 aromatic carbocycles. The Hall–Kier alpha value is -2.05. The maximum absolute atomic E-state index is 12.7. The lowest BCUT2D eigenvalue weighted by Crippen LogP contribution is -2.27. The molecule has 1 aliphatic rings. The van der Waals surface area contributed by atoms with Gasteiger partial charge in [-0.2, -0.15) is 0 Å². The van der Waals surface area contributed by atoms with Crippen LogP contribution in [0.3, 0.4) is 0 Å². The van der Waals surface area contributed by atoms with Gasteiger partial charge in [0, 0.05) is 12.1 Å². The molecule has 5 nitrogen and oxygen atoms in total. The van der Waals surface area contributed by atoms with Gasteiger partial charge in [0.05, 0.1) is 4.90 Å². The van der Waals surface area contributed by atoms with Crippen molar-refractivity contribution in [3.8, 4) is 11.5 Å². The molecule has 24 heavy (non-hydrogen) atoms. The van der Waals surface area contributed by atoms with E-state index in [0.29, 0.717) is 24.7 Å². The van der Waals surface area contributed by atoms with E-state index in [1.54, 1.807) is 6.07 Å². The second-order valence-corrected chi connectivity index (χ2v) is 7.72. The number of ether oxygens (including phenoxy) is 2. The number of aryl methyl sites for hydroxylation is 2. The molecule has 0 aromatic heterocycles. The zero-order valence-corrected chi connectivity index (χ0v) is 14.8. The van der Waals surface area contributed by atoms with Crippen LogP contribution in [0.15, 0.2) is 41.3 Å². The van der Waals surface area contributed by atoms with Gasteiger partial charge in [0.1, 0.15) is 13.2 Å². The molecule has 0 amide bonds. The molecular formula is C18H21NO4S. The fourth-order valence-corrected chi connectivity index (χ4v) is 4.10. The van der Waals surface area contributed by atoms with E-state index in [1.165, 1.54) is 12.1 Å². The van der Waals surface area contributed by atoms with Crippen LogP contribution < -0.4 is 14.2 Å². The fourth-order valence-electron chi connectivity index (χ4n) is 2.87. The lowest BCUT2D eigenvalue weighted by atomic mass is 10.0. The predicted octanol–water partition coefficient (Wildman–Crippen LogP) is 3.11. The quantitative estimate of drug-likeness (QED) is 0.923. The molecule has 128 valence electrons. The number of benzene rings is 2. The molecule has 1 heterocycles. The maximum Gasteiger partial charge on any atom is 0.241 e. The average Bonchev–Trinajstić information content (AvgIpc) is 2.53. The van der Waals surface area contributed by atoms with Crippen LogP contribution in [0, 0.1) is 13.8 Å². The van der Waals surface area contributed by atoms with E-state index in [-0.39, 0.29) is 10.9 Å². The van der Waals surface area contributed by atoms with E-state index in [9.17, 15) is 8.42 Å². The molecule has 1 aliphatic heterocycles. The molecule has 0 bridgehead atoms. The molecule has 0 spiro atoms. The third-order valence-corrected chi connectivity index (χ3v) is 5.59. The van der Waals surface area contributed by atoms with Gasteiger partial charge < -0.3 is 9.47 Å². The molecule has 0 saturated heterocycles. The van der Waals surface area contributed by atoms with Gasteiger partial charge in [-0.1, -0.05) is 23.8 Å². The van der Waals surface area contributed by atoms with Crippen LogP contribution in [0.25, 0.3) is 0 Å². The van der Waals surface area contributed by atoms with Crippen molar-refractivity contribution in [2.75, 3.05) is 13.2 Å². The summed E-state index contributed by atoms with van der Waals surface area (Å²) >= 11 is 0. The Kier molecular flexibility index (Phi) is 4.51. The van der Waals surface area contributed by atoms with Crippen LogP contribution in [0.5, 0.6) is 11.5 Å². The standard InChI is InChI=1S/C18H21NO4S/c1-12-4-6-16(13(2)10-12)14(3)19-24(20,21)15-5-7-17-18(11-15)23-9-8-22-17/h4-7,10-11,14,19H,8-9H2,1-3H3. The SMILES string of the molecule is Cc1ccc(C(C)NS(=O)(=O)c2ccc3c(c2)OCCO3)c(C)c1. The summed E-state index contributed by atoms with van der Waals surface area (Å²) in [7, 11) is -3.65. The summed E-state index contributed by atoms with van der Waals surface area (Å²) in [5.41, 5.74) is 3.17. The minimum atomic E-state index is -3.65. The first-order valence-corrected chi connectivity index (χ1v) is 9.34. The predicted molar refractivity (Wildman–Crippen MR) is 92.1 cm³/mol. The highest BCUT2D eigenvalue weighted by Crippen LogP contribution is 2.32. The molecule has 0 saturated carbocycles. The van der Waals surface area contributed by atoms with Gasteiger partial charge >= 0.3 is 0 Å². The van der Waals surface area contributed by atoms with Crippen molar-refractivity contribution in [2.24, 2.45) is 0 Å². The molecule has 1 atom stereocenters. The molecular weight excluding hydrogens is 326 g/mol. The number of hydrogen-bond acceptors (Lipinski definition) is 4. The Bertz CT molecular complexity index is 861. The smallest absolute Gasteiger partial charge is 0.241 e. The monoisotopic (exact) mass is 347 g/mol. The fraction of sp³-hybridized carbons (Fsp3) is 0.333. The molecule has 0 aliphatic carbocycles. The number of nitrogens with one attached hydrogen (secondary N) is 1. The van der Waals surface area contributed by atoms with E-state index in [4.69, 9.17) is 9.47 Å². The van der Waals surface area contributed by atoms with Crippen molar-refractivity contribution < 1.29 is 17.9 Å². The van der Waals surface area contributed by atoms with Crippen LogP contribution in [-0.2, 0) is 10.0 Å². The molecule has 2 aromatic rings. The van der Waals surface area contributed by atoms with E-state index in [2.05, 4.69) is 4.72 Å². The van der Waals surface area contributed by atoms with Gasteiger partial charge in [0.25, 0.3) is 0 Å². The van der Waals surface area contributed by atoms with Crippen LogP contribution in [-0.4, -0.2) is 21.6 Å². The Morgan fingerprint density at radius 2 is 1.71 bits per heavy atom. The van der Waals surface area contributed by atoms with Crippen LogP contribution in [0.1, 0.15) is 29.7 Å². The summed E-state index contributed by atoms with van der Waals surface area (Å²) in [5, 5.41) is 0. The van der Waals surface area contributed by atoms with Gasteiger partial charge in [0.2, 0.25) is 10.0 Å². The highest BCUT2D eigenvalue weighted by atomic mass is 32.2. The topological polar surface area (TPSA) is 64.6 Å². The summed E-state index contributed by atoms with van der Waals surface area (Å²) in [6.45, 7) is 6.73. The minimum absolute atomic E-state index is 0.170. The second kappa shape index (κ2) is 6.45. The highest BCUT2D eigenvalue weighted by Gasteiger charge is 2.22. The van der Waals surface area contributed by atoms with Gasteiger partial charge in [-0.15, -0.1) is 0 Å². The molecule has 0 radical (unpaired) electrons. The van der Waals surface area contributed by atoms with Gasteiger partial charge in [-0.25, -0.2) is 13.1 Å². The van der Waals surface area contributed by atoms with Crippen LogP contribution in [0.2, 0.25) is 0 Å². The zero-order chi connectivity index (χ0) is 17.3. The summed E-state index contributed by atoms with van der Waals surface area (Å²) in [6.07, 6.45) is 0. The Labute approximate surface area is 142 Å². The number of rotatable bonds is 4. The summed E-state index contributed by atoms with van der Waals surface area (Å²) < 4.78 is 39.0. The largest absolute Gasteiger partial charge is 0.486 e. The Morgan fingerprint density at radius 1 is 1.00 bits per heavy atom. The summed E-state index contributed by atoms with van der Waals surface area (Å²) in [4.78, 5) is 0.170. The van der Waals surface area contributed by atoms with Gasteiger partial charge in [0.15, 0.2) is 11.5 Å². The summed E-state index contributed by atoms with van der Waals surface area (Å²) in [6, 6.07) is 10.3. The molecule has 3 rings (SSSR count). The maximum atomic E-state index is 12.7. The van der Waals surface area contributed by atoms with Crippen molar-refractivity contribution in [1.82, 2.24) is 4.72 Å². The molecule has 6 heteroatoms. The van der Waals surface area contributed by atoms with Gasteiger partial charge in [-0.3, -0.25) is 0 Å². The first-order chi connectivity index (χ1) is 11.4. The lowest BCUT2D eigenvalue weighted by molar-refractivity contribution is 0.171. The third-order valence-electron chi connectivity index (χ3n) is 4.05. The van der Waals surface area contributed by atoms with E-state index in [1.807, 2.05) is 39.0 Å². The van der Waals surface area contributed by atoms with E-state index >= 15 is 0 Å². The third kappa shape index (κ3) is 3.39.